The molecule has 0 aliphatic carbocycles. The van der Waals surface area contributed by atoms with Gasteiger partial charge in [0.1, 0.15) is 5.82 Å². The van der Waals surface area contributed by atoms with E-state index in [0.717, 1.165) is 5.69 Å². The van der Waals surface area contributed by atoms with Crippen molar-refractivity contribution in [1.29, 1.82) is 0 Å². The van der Waals surface area contributed by atoms with Crippen molar-refractivity contribution >= 4 is 23.4 Å². The molecule has 1 heterocycles. The predicted octanol–water partition coefficient (Wildman–Crippen LogP) is 4.96. The van der Waals surface area contributed by atoms with Gasteiger partial charge in [-0.05, 0) is 42.7 Å². The maximum atomic E-state index is 14.1. The molecule has 2 aromatic carbocycles. The first-order chi connectivity index (χ1) is 13.5. The highest BCUT2D eigenvalue weighted by atomic mass is 32.2. The number of nitrogens with zero attached hydrogens (tertiary/aromatic N) is 3. The molecule has 28 heavy (non-hydrogen) atoms. The van der Waals surface area contributed by atoms with Crippen LogP contribution >= 0.6 is 11.8 Å². The van der Waals surface area contributed by atoms with Gasteiger partial charge in [-0.25, -0.2) is 4.39 Å². The summed E-state index contributed by atoms with van der Waals surface area (Å²) in [5.74, 6) is 0.641. The van der Waals surface area contributed by atoms with Gasteiger partial charge in [-0.3, -0.25) is 4.79 Å². The Labute approximate surface area is 168 Å². The molecular weight excluding hydrogens is 375 g/mol. The van der Waals surface area contributed by atoms with Crippen molar-refractivity contribution < 1.29 is 9.18 Å². The Hall–Kier alpha value is -2.67. The van der Waals surface area contributed by atoms with Crippen LogP contribution < -0.4 is 5.32 Å². The molecule has 0 bridgehead atoms. The summed E-state index contributed by atoms with van der Waals surface area (Å²) >= 11 is 1.28. The third kappa shape index (κ3) is 4.59. The fourth-order valence-electron chi connectivity index (χ4n) is 2.80. The van der Waals surface area contributed by atoms with Crippen LogP contribution in [0.1, 0.15) is 32.3 Å². The maximum absolute atomic E-state index is 14.1. The SMILES string of the molecule is CCn1c(SCC(=O)Nc2ccc(C(C)C)cc2)nnc1-c1ccccc1F. The number of nitrogens with one attached hydrogen (secondary N) is 1. The first kappa shape index (κ1) is 20.1. The summed E-state index contributed by atoms with van der Waals surface area (Å²) in [6.45, 7) is 6.78. The van der Waals surface area contributed by atoms with Crippen LogP contribution in [0.5, 0.6) is 0 Å². The summed E-state index contributed by atoms with van der Waals surface area (Å²) < 4.78 is 15.9. The van der Waals surface area contributed by atoms with Gasteiger partial charge in [0.2, 0.25) is 5.91 Å². The van der Waals surface area contributed by atoms with Crippen LogP contribution in [0, 0.1) is 5.82 Å². The van der Waals surface area contributed by atoms with Crippen LogP contribution in [-0.4, -0.2) is 26.4 Å². The zero-order valence-corrected chi connectivity index (χ0v) is 17.0. The molecule has 0 spiro atoms. The predicted molar refractivity (Wildman–Crippen MR) is 111 cm³/mol. The third-order valence-corrected chi connectivity index (χ3v) is 5.31. The Bertz CT molecular complexity index is 953. The molecule has 1 amide bonds. The van der Waals surface area contributed by atoms with E-state index in [0.29, 0.717) is 29.0 Å². The molecule has 0 saturated carbocycles. The summed E-state index contributed by atoms with van der Waals surface area (Å²) in [6.07, 6.45) is 0. The molecular formula is C21H23FN4OS. The molecule has 1 aromatic heterocycles. The Morgan fingerprint density at radius 1 is 1.14 bits per heavy atom. The van der Waals surface area contributed by atoms with E-state index in [1.54, 1.807) is 18.2 Å². The zero-order valence-electron chi connectivity index (χ0n) is 16.1. The van der Waals surface area contributed by atoms with Gasteiger partial charge in [-0.2, -0.15) is 0 Å². The van der Waals surface area contributed by atoms with Gasteiger partial charge >= 0.3 is 0 Å². The van der Waals surface area contributed by atoms with Crippen LogP contribution in [0.2, 0.25) is 0 Å². The van der Waals surface area contributed by atoms with Gasteiger partial charge in [0.05, 0.1) is 11.3 Å². The van der Waals surface area contributed by atoms with Crippen molar-refractivity contribution in [2.24, 2.45) is 0 Å². The molecule has 0 unspecified atom stereocenters. The van der Waals surface area contributed by atoms with E-state index in [1.165, 1.54) is 23.4 Å². The molecule has 3 rings (SSSR count). The highest BCUT2D eigenvalue weighted by molar-refractivity contribution is 7.99. The van der Waals surface area contributed by atoms with E-state index in [4.69, 9.17) is 0 Å². The zero-order chi connectivity index (χ0) is 20.1. The highest BCUT2D eigenvalue weighted by Gasteiger charge is 2.17. The molecule has 1 N–H and O–H groups in total. The van der Waals surface area contributed by atoms with E-state index < -0.39 is 0 Å². The second kappa shape index (κ2) is 9.01. The summed E-state index contributed by atoms with van der Waals surface area (Å²) in [4.78, 5) is 12.3. The van der Waals surface area contributed by atoms with Crippen LogP contribution in [-0.2, 0) is 11.3 Å². The van der Waals surface area contributed by atoms with Gasteiger partial charge in [0, 0.05) is 12.2 Å². The first-order valence-electron chi connectivity index (χ1n) is 9.20. The van der Waals surface area contributed by atoms with Crippen LogP contribution in [0.25, 0.3) is 11.4 Å². The average Bonchev–Trinajstić information content (AvgIpc) is 3.10. The minimum atomic E-state index is -0.344. The van der Waals surface area contributed by atoms with Crippen molar-refractivity contribution in [3.05, 3.63) is 59.9 Å². The first-order valence-corrected chi connectivity index (χ1v) is 10.2. The van der Waals surface area contributed by atoms with Crippen molar-refractivity contribution in [3.63, 3.8) is 0 Å². The summed E-state index contributed by atoms with van der Waals surface area (Å²) in [7, 11) is 0. The van der Waals surface area contributed by atoms with Gasteiger partial charge in [0.25, 0.3) is 0 Å². The van der Waals surface area contributed by atoms with Gasteiger partial charge < -0.3 is 9.88 Å². The van der Waals surface area contributed by atoms with Gasteiger partial charge in [-0.15, -0.1) is 10.2 Å². The topological polar surface area (TPSA) is 59.8 Å². The lowest BCUT2D eigenvalue weighted by Crippen LogP contribution is -2.14. The molecule has 146 valence electrons. The Kier molecular flexibility index (Phi) is 6.46. The van der Waals surface area contributed by atoms with Crippen molar-refractivity contribution in [2.75, 3.05) is 11.1 Å². The van der Waals surface area contributed by atoms with Crippen molar-refractivity contribution in [1.82, 2.24) is 14.8 Å². The van der Waals surface area contributed by atoms with E-state index in [-0.39, 0.29) is 17.5 Å². The normalized spacial score (nSPS) is 11.0. The number of amides is 1. The van der Waals surface area contributed by atoms with Crippen molar-refractivity contribution in [2.45, 2.75) is 38.4 Å². The number of halogens is 1. The quantitative estimate of drug-likeness (QED) is 0.572. The fourth-order valence-corrected chi connectivity index (χ4v) is 3.60. The highest BCUT2D eigenvalue weighted by Crippen LogP contribution is 2.26. The lowest BCUT2D eigenvalue weighted by atomic mass is 10.0. The number of hydrogen-bond acceptors (Lipinski definition) is 4. The largest absolute Gasteiger partial charge is 0.325 e. The molecule has 0 radical (unpaired) electrons. The Morgan fingerprint density at radius 2 is 1.86 bits per heavy atom. The molecule has 3 aromatic rings. The van der Waals surface area contributed by atoms with Gasteiger partial charge in [0.15, 0.2) is 11.0 Å². The standard InChI is InChI=1S/C21H23FN4OS/c1-4-26-20(17-7-5-6-8-18(17)22)24-25-21(26)28-13-19(27)23-16-11-9-15(10-12-16)14(2)3/h5-12,14H,4,13H2,1-3H3,(H,23,27). The second-order valence-electron chi connectivity index (χ2n) is 6.64. The third-order valence-electron chi connectivity index (χ3n) is 4.34. The van der Waals surface area contributed by atoms with E-state index in [9.17, 15) is 9.18 Å². The number of rotatable bonds is 7. The molecule has 0 atom stereocenters. The summed E-state index contributed by atoms with van der Waals surface area (Å²) in [5.41, 5.74) is 2.39. The number of aromatic nitrogens is 3. The number of hydrogen-bond donors (Lipinski definition) is 1. The number of benzene rings is 2. The lowest BCUT2D eigenvalue weighted by Gasteiger charge is -2.09. The number of anilines is 1. The fraction of sp³-hybridized carbons (Fsp3) is 0.286. The Balaban J connectivity index is 1.66. The van der Waals surface area contributed by atoms with Crippen LogP contribution in [0.3, 0.4) is 0 Å². The average molecular weight is 399 g/mol. The molecule has 7 heteroatoms. The monoisotopic (exact) mass is 398 g/mol. The number of carbonyl (C=O) groups excluding carboxylic acids is 1. The molecule has 0 saturated heterocycles. The van der Waals surface area contributed by atoms with E-state index >= 15 is 0 Å². The van der Waals surface area contributed by atoms with Crippen molar-refractivity contribution in [3.8, 4) is 11.4 Å². The summed E-state index contributed by atoms with van der Waals surface area (Å²) in [5, 5.41) is 11.7. The maximum Gasteiger partial charge on any atom is 0.234 e. The van der Waals surface area contributed by atoms with E-state index in [1.807, 2.05) is 35.8 Å². The van der Waals surface area contributed by atoms with Gasteiger partial charge in [-0.1, -0.05) is 49.9 Å². The van der Waals surface area contributed by atoms with Crippen LogP contribution in [0.15, 0.2) is 53.7 Å². The number of thioether (sulfide) groups is 1. The second-order valence-corrected chi connectivity index (χ2v) is 7.59. The molecule has 0 fully saturated rings. The minimum Gasteiger partial charge on any atom is -0.325 e. The Morgan fingerprint density at radius 3 is 2.50 bits per heavy atom. The smallest absolute Gasteiger partial charge is 0.234 e. The van der Waals surface area contributed by atoms with Crippen LogP contribution in [0.4, 0.5) is 10.1 Å². The molecule has 0 aliphatic rings. The molecule has 5 nitrogen and oxygen atoms in total. The minimum absolute atomic E-state index is 0.125. The van der Waals surface area contributed by atoms with E-state index in [2.05, 4.69) is 29.4 Å². The molecule has 0 aliphatic heterocycles. The summed E-state index contributed by atoms with van der Waals surface area (Å²) in [6, 6.07) is 14.3. The lowest BCUT2D eigenvalue weighted by molar-refractivity contribution is -0.113. The number of carbonyl (C=O) groups is 1.